The molecule has 0 aromatic rings. The maximum atomic E-state index is 11.1. The van der Waals surface area contributed by atoms with Crippen LogP contribution in [0.3, 0.4) is 0 Å². The van der Waals surface area contributed by atoms with Crippen LogP contribution >= 0.6 is 0 Å². The average molecular weight is 218 g/mol. The van der Waals surface area contributed by atoms with Gasteiger partial charge in [-0.25, -0.2) is 0 Å². The van der Waals surface area contributed by atoms with E-state index in [-0.39, 0.29) is 11.1 Å². The van der Waals surface area contributed by atoms with Crippen molar-refractivity contribution < 1.29 is 19.2 Å². The lowest BCUT2D eigenvalue weighted by atomic mass is 10.2. The summed E-state index contributed by atoms with van der Waals surface area (Å²) in [4.78, 5) is 43.8. The first-order chi connectivity index (χ1) is 7.56. The average Bonchev–Trinajstić information content (AvgIpc) is 2.66. The van der Waals surface area contributed by atoms with Crippen LogP contribution in [0.25, 0.3) is 0 Å². The molecule has 0 spiro atoms. The minimum absolute atomic E-state index is 0.151. The third-order valence-electron chi connectivity index (χ3n) is 2.01. The largest absolute Gasteiger partial charge is 0.289 e. The van der Waals surface area contributed by atoms with Gasteiger partial charge in [-0.05, 0) is 12.2 Å². The van der Waals surface area contributed by atoms with E-state index in [0.29, 0.717) is 0 Å². The number of nitrogens with one attached hydrogen (secondary N) is 2. The van der Waals surface area contributed by atoms with Crippen molar-refractivity contribution >= 4 is 23.6 Å². The molecule has 4 amide bonds. The summed E-state index contributed by atoms with van der Waals surface area (Å²) in [5.41, 5.74) is 0.302. The van der Waals surface area contributed by atoms with Crippen molar-refractivity contribution in [1.82, 2.24) is 10.6 Å². The highest BCUT2D eigenvalue weighted by Gasteiger charge is 2.21. The Morgan fingerprint density at radius 1 is 0.750 bits per heavy atom. The smallest absolute Gasteiger partial charge is 0.258 e. The van der Waals surface area contributed by atoms with E-state index in [1.54, 1.807) is 0 Å². The highest BCUT2D eigenvalue weighted by molar-refractivity contribution is 6.19. The Labute approximate surface area is 89.7 Å². The Balaban J connectivity index is 2.17. The van der Waals surface area contributed by atoms with Gasteiger partial charge in [-0.3, -0.25) is 29.8 Å². The maximum Gasteiger partial charge on any atom is 0.258 e. The highest BCUT2D eigenvalue weighted by atomic mass is 16.2. The lowest BCUT2D eigenvalue weighted by Gasteiger charge is -1.91. The third kappa shape index (κ3) is 1.81. The summed E-state index contributed by atoms with van der Waals surface area (Å²) >= 11 is 0. The van der Waals surface area contributed by atoms with Crippen molar-refractivity contribution in [2.45, 2.75) is 0 Å². The van der Waals surface area contributed by atoms with Crippen LogP contribution < -0.4 is 10.6 Å². The van der Waals surface area contributed by atoms with Crippen LogP contribution in [-0.4, -0.2) is 23.6 Å². The van der Waals surface area contributed by atoms with E-state index in [9.17, 15) is 19.2 Å². The molecule has 0 aromatic heterocycles. The van der Waals surface area contributed by atoms with E-state index in [4.69, 9.17) is 0 Å². The molecule has 0 aromatic carbocycles. The molecule has 16 heavy (non-hydrogen) atoms. The molecule has 0 saturated heterocycles. The molecular formula is C10H6N2O4. The number of carbonyl (C=O) groups excluding carboxylic acids is 4. The third-order valence-corrected chi connectivity index (χ3v) is 2.01. The fourth-order valence-corrected chi connectivity index (χ4v) is 1.28. The van der Waals surface area contributed by atoms with Crippen molar-refractivity contribution in [3.05, 3.63) is 35.5 Å². The molecule has 2 heterocycles. The molecule has 0 saturated carbocycles. The van der Waals surface area contributed by atoms with Gasteiger partial charge >= 0.3 is 0 Å². The zero-order valence-electron chi connectivity index (χ0n) is 7.94. The fraction of sp³-hybridized carbons (Fsp3) is 0. The molecule has 0 atom stereocenters. The monoisotopic (exact) mass is 218 g/mol. The van der Waals surface area contributed by atoms with E-state index in [2.05, 4.69) is 10.6 Å². The number of rotatable bonds is 2. The lowest BCUT2D eigenvalue weighted by Crippen LogP contribution is -2.22. The van der Waals surface area contributed by atoms with Crippen LogP contribution in [-0.2, 0) is 19.2 Å². The van der Waals surface area contributed by atoms with Crippen molar-refractivity contribution in [2.75, 3.05) is 0 Å². The molecule has 0 bridgehead atoms. The normalized spacial score (nSPS) is 20.0. The van der Waals surface area contributed by atoms with E-state index >= 15 is 0 Å². The van der Waals surface area contributed by atoms with Crippen LogP contribution in [0.15, 0.2) is 35.5 Å². The molecule has 2 rings (SSSR count). The topological polar surface area (TPSA) is 92.3 Å². The van der Waals surface area contributed by atoms with Crippen molar-refractivity contribution in [2.24, 2.45) is 0 Å². The van der Waals surface area contributed by atoms with Crippen LogP contribution in [0.5, 0.6) is 0 Å². The quantitative estimate of drug-likeness (QED) is 0.564. The van der Waals surface area contributed by atoms with Gasteiger partial charge in [0.05, 0.1) is 0 Å². The number of hydrogen-bond acceptors (Lipinski definition) is 4. The molecule has 6 nitrogen and oxygen atoms in total. The molecule has 0 radical (unpaired) electrons. The van der Waals surface area contributed by atoms with Gasteiger partial charge in [0, 0.05) is 23.3 Å². The molecule has 6 heteroatoms. The van der Waals surface area contributed by atoms with Gasteiger partial charge in [-0.2, -0.15) is 0 Å². The minimum Gasteiger partial charge on any atom is -0.289 e. The summed E-state index contributed by atoms with van der Waals surface area (Å²) < 4.78 is 0. The van der Waals surface area contributed by atoms with E-state index in [1.807, 2.05) is 0 Å². The van der Waals surface area contributed by atoms with Crippen LogP contribution in [0.4, 0.5) is 0 Å². The number of hydrogen-bond donors (Lipinski definition) is 2. The second-order valence-corrected chi connectivity index (χ2v) is 3.17. The first kappa shape index (κ1) is 10.0. The Hall–Kier alpha value is -2.50. The van der Waals surface area contributed by atoms with E-state index in [1.165, 1.54) is 12.2 Å². The van der Waals surface area contributed by atoms with Gasteiger partial charge in [-0.15, -0.1) is 0 Å². The number of carbonyl (C=O) groups is 4. The van der Waals surface area contributed by atoms with Crippen LogP contribution in [0, 0.1) is 0 Å². The Morgan fingerprint density at radius 3 is 1.38 bits per heavy atom. The van der Waals surface area contributed by atoms with Crippen LogP contribution in [0.2, 0.25) is 0 Å². The zero-order valence-corrected chi connectivity index (χ0v) is 7.94. The van der Waals surface area contributed by atoms with E-state index in [0.717, 1.165) is 12.2 Å². The summed E-state index contributed by atoms with van der Waals surface area (Å²) in [7, 11) is 0. The molecule has 0 fully saturated rings. The maximum absolute atomic E-state index is 11.1. The fourth-order valence-electron chi connectivity index (χ4n) is 1.28. The predicted molar refractivity (Wildman–Crippen MR) is 51.6 cm³/mol. The summed E-state index contributed by atoms with van der Waals surface area (Å²) in [6.07, 6.45) is 4.86. The molecule has 2 aliphatic heterocycles. The Kier molecular flexibility index (Phi) is 2.24. The van der Waals surface area contributed by atoms with Gasteiger partial charge in [0.1, 0.15) is 0 Å². The van der Waals surface area contributed by atoms with Gasteiger partial charge in [0.2, 0.25) is 0 Å². The summed E-state index contributed by atoms with van der Waals surface area (Å²) in [5, 5.41) is 4.11. The summed E-state index contributed by atoms with van der Waals surface area (Å²) in [5.74, 6) is -2.03. The lowest BCUT2D eigenvalue weighted by molar-refractivity contribution is -0.125. The Bertz CT molecular complexity index is 465. The number of amides is 4. The summed E-state index contributed by atoms with van der Waals surface area (Å²) in [6.45, 7) is 0. The second-order valence-electron chi connectivity index (χ2n) is 3.17. The standard InChI is InChI=1S/C10H6N2O4/c13-7-3-5(9(15)11-7)1-2-6-4-8(14)12-10(6)16/h1-4H,(H,11,13,15)(H,12,14,16). The van der Waals surface area contributed by atoms with Gasteiger partial charge in [0.25, 0.3) is 23.6 Å². The van der Waals surface area contributed by atoms with Crippen molar-refractivity contribution in [3.63, 3.8) is 0 Å². The molecular weight excluding hydrogens is 212 g/mol. The predicted octanol–water partition coefficient (Wildman–Crippen LogP) is -1.29. The minimum atomic E-state index is -0.522. The number of imide groups is 2. The van der Waals surface area contributed by atoms with Crippen molar-refractivity contribution in [1.29, 1.82) is 0 Å². The van der Waals surface area contributed by atoms with Crippen molar-refractivity contribution in [3.8, 4) is 0 Å². The molecule has 0 aliphatic carbocycles. The molecule has 80 valence electrons. The molecule has 0 unspecified atom stereocenters. The van der Waals surface area contributed by atoms with Gasteiger partial charge in [0.15, 0.2) is 0 Å². The van der Waals surface area contributed by atoms with E-state index < -0.39 is 23.6 Å². The Morgan fingerprint density at radius 2 is 1.12 bits per heavy atom. The van der Waals surface area contributed by atoms with Gasteiger partial charge in [-0.1, -0.05) is 0 Å². The first-order valence-electron chi connectivity index (χ1n) is 4.38. The SMILES string of the molecule is O=C1C=C(C=CC2=CC(=O)NC2=O)C(=O)N1. The first-order valence-corrected chi connectivity index (χ1v) is 4.38. The molecule has 2 aliphatic rings. The molecule has 2 N–H and O–H groups in total. The summed E-state index contributed by atoms with van der Waals surface area (Å²) in [6, 6.07) is 0. The zero-order chi connectivity index (χ0) is 11.7. The highest BCUT2D eigenvalue weighted by Crippen LogP contribution is 2.09. The van der Waals surface area contributed by atoms with Gasteiger partial charge < -0.3 is 0 Å². The second kappa shape index (κ2) is 3.58. The van der Waals surface area contributed by atoms with Crippen LogP contribution in [0.1, 0.15) is 0 Å².